The largest absolute Gasteiger partial charge is 0.491 e. The van der Waals surface area contributed by atoms with Gasteiger partial charge in [0, 0.05) is 56.9 Å². The Bertz CT molecular complexity index is 1750. The summed E-state index contributed by atoms with van der Waals surface area (Å²) in [6.07, 6.45) is 9.61. The zero-order valence-electron chi connectivity index (χ0n) is 30.6. The number of amides is 3. The number of carbonyl (C=O) groups excluding carboxylic acids is 2. The first-order valence-electron chi connectivity index (χ1n) is 18.3. The highest BCUT2D eigenvalue weighted by atomic mass is 35.5. The average Bonchev–Trinajstić information content (AvgIpc) is 3.07. The van der Waals surface area contributed by atoms with E-state index in [0.29, 0.717) is 60.8 Å². The number of nitrogens with one attached hydrogen (secondary N) is 1. The smallest absolute Gasteiger partial charge is 0.329 e. The molecular formula is C39H53ClN4O6S. The van der Waals surface area contributed by atoms with Crippen molar-refractivity contribution in [2.75, 3.05) is 51.1 Å². The number of halogens is 1. The van der Waals surface area contributed by atoms with Crippen LogP contribution in [-0.2, 0) is 32.4 Å². The van der Waals surface area contributed by atoms with Gasteiger partial charge in [-0.25, -0.2) is 9.00 Å². The average molecular weight is 741 g/mol. The van der Waals surface area contributed by atoms with Crippen molar-refractivity contribution in [3.8, 4) is 5.75 Å². The second-order valence-corrected chi connectivity index (χ2v) is 17.7. The lowest BCUT2D eigenvalue weighted by atomic mass is 9.70. The molecule has 278 valence electrons. The summed E-state index contributed by atoms with van der Waals surface area (Å²) in [6, 6.07) is 11.0. The topological polar surface area (TPSA) is 110 Å². The van der Waals surface area contributed by atoms with Crippen LogP contribution in [0.1, 0.15) is 74.4 Å². The molecule has 1 N–H and O–H groups in total. The van der Waals surface area contributed by atoms with Gasteiger partial charge in [-0.1, -0.05) is 36.7 Å². The van der Waals surface area contributed by atoms with E-state index >= 15 is 0 Å². The molecule has 2 fully saturated rings. The van der Waals surface area contributed by atoms with Crippen molar-refractivity contribution >= 4 is 39.1 Å². The van der Waals surface area contributed by atoms with Crippen LogP contribution < -0.4 is 14.4 Å². The van der Waals surface area contributed by atoms with Gasteiger partial charge in [-0.05, 0) is 112 Å². The number of likely N-dealkylation sites (tertiary alicyclic amines) is 1. The molecule has 1 aliphatic carbocycles. The molecule has 0 spiro atoms. The van der Waals surface area contributed by atoms with Crippen LogP contribution in [-0.4, -0.2) is 79.0 Å². The molecule has 2 aromatic rings. The molecule has 6 rings (SSSR count). The van der Waals surface area contributed by atoms with Crippen molar-refractivity contribution in [3.05, 3.63) is 70.3 Å². The summed E-state index contributed by atoms with van der Waals surface area (Å²) in [4.78, 5) is 31.4. The van der Waals surface area contributed by atoms with Gasteiger partial charge in [0.25, 0.3) is 5.91 Å². The number of rotatable bonds is 4. The standard InChI is InChI=1S/C39H53ClN4O6S/c1-26-9-8-11-35(48-4)33-16-13-30(33)22-43-21-29-12-15-32(40)19-27(29)10-6-7-18-50-36-17-14-28(20-34(36)43)37(45)41-51(47,25-26)42-38(46)44-23-31(24-44)39(2,3)49-5/h8,11-12,14-15,17,19-20,26,30-31,33,35H,6-7,9-10,13,16,18,21-25H2,1-5H3,(H,41,42,45,46,47)/b11-8+/t26-,30-,33+,35-,51?/m0/s1. The van der Waals surface area contributed by atoms with E-state index in [4.69, 9.17) is 25.8 Å². The van der Waals surface area contributed by atoms with Crippen molar-refractivity contribution in [2.45, 2.75) is 77.5 Å². The number of methoxy groups -OCH3 is 2. The van der Waals surface area contributed by atoms with Crippen LogP contribution in [0.4, 0.5) is 10.5 Å². The van der Waals surface area contributed by atoms with E-state index in [1.807, 2.05) is 39.0 Å². The Morgan fingerprint density at radius 1 is 1.08 bits per heavy atom. The predicted molar refractivity (Wildman–Crippen MR) is 202 cm³/mol. The van der Waals surface area contributed by atoms with Gasteiger partial charge in [0.1, 0.15) is 15.7 Å². The molecule has 4 aliphatic rings. The number of aryl methyl sites for hydroxylation is 1. The van der Waals surface area contributed by atoms with Crippen molar-refractivity contribution in [2.24, 2.45) is 28.0 Å². The van der Waals surface area contributed by atoms with Crippen molar-refractivity contribution in [3.63, 3.8) is 0 Å². The van der Waals surface area contributed by atoms with Crippen LogP contribution in [0.5, 0.6) is 5.75 Å². The number of nitrogens with zero attached hydrogens (tertiary/aromatic N) is 3. The number of hydrogen-bond donors (Lipinski definition) is 1. The number of carbonyl (C=O) groups is 2. The molecule has 5 atom stereocenters. The highest BCUT2D eigenvalue weighted by molar-refractivity contribution is 7.92. The highest BCUT2D eigenvalue weighted by Crippen LogP contribution is 2.42. The Hall–Kier alpha value is -3.12. The number of allylic oxidation sites excluding steroid dienone is 1. The van der Waals surface area contributed by atoms with Crippen LogP contribution in [0, 0.1) is 23.7 Å². The quantitative estimate of drug-likeness (QED) is 0.328. The summed E-state index contributed by atoms with van der Waals surface area (Å²) in [5.74, 6) is 0.791. The van der Waals surface area contributed by atoms with Gasteiger partial charge in [0.05, 0.1) is 29.8 Å². The van der Waals surface area contributed by atoms with Crippen molar-refractivity contribution in [1.82, 2.24) is 9.62 Å². The maximum absolute atomic E-state index is 14.6. The molecule has 2 aromatic carbocycles. The first-order chi connectivity index (χ1) is 24.4. The first-order valence-corrected chi connectivity index (χ1v) is 20.3. The van der Waals surface area contributed by atoms with E-state index in [0.717, 1.165) is 44.3 Å². The molecule has 1 saturated carbocycles. The Labute approximate surface area is 308 Å². The minimum absolute atomic E-state index is 0.0267. The monoisotopic (exact) mass is 740 g/mol. The second-order valence-electron chi connectivity index (χ2n) is 15.3. The van der Waals surface area contributed by atoms with Crippen LogP contribution in [0.25, 0.3) is 0 Å². The fourth-order valence-electron chi connectivity index (χ4n) is 7.63. The van der Waals surface area contributed by atoms with E-state index in [-0.39, 0.29) is 23.7 Å². The summed E-state index contributed by atoms with van der Waals surface area (Å²) in [6.45, 7) is 8.76. The van der Waals surface area contributed by atoms with Gasteiger partial charge in [-0.15, -0.1) is 4.36 Å². The van der Waals surface area contributed by atoms with E-state index in [1.165, 1.54) is 11.1 Å². The molecule has 3 aliphatic heterocycles. The highest BCUT2D eigenvalue weighted by Gasteiger charge is 2.42. The molecule has 3 heterocycles. The molecule has 2 bridgehead atoms. The molecule has 0 aromatic heterocycles. The van der Waals surface area contributed by atoms with Gasteiger partial charge in [0.2, 0.25) is 0 Å². The maximum atomic E-state index is 14.6. The minimum atomic E-state index is -3.50. The van der Waals surface area contributed by atoms with Crippen LogP contribution in [0.3, 0.4) is 0 Å². The zero-order valence-corrected chi connectivity index (χ0v) is 32.1. The molecule has 1 saturated heterocycles. The fraction of sp³-hybridized carbons (Fsp3) is 0.590. The third-order valence-electron chi connectivity index (χ3n) is 11.3. The van der Waals surface area contributed by atoms with Crippen molar-refractivity contribution in [1.29, 1.82) is 0 Å². The second kappa shape index (κ2) is 15.9. The fourth-order valence-corrected chi connectivity index (χ4v) is 9.71. The first kappa shape index (κ1) is 37.6. The van der Waals surface area contributed by atoms with E-state index in [1.54, 1.807) is 25.2 Å². The molecular weight excluding hydrogens is 688 g/mol. The number of anilines is 1. The van der Waals surface area contributed by atoms with Gasteiger partial charge >= 0.3 is 6.03 Å². The van der Waals surface area contributed by atoms with Crippen LogP contribution in [0.15, 0.2) is 52.9 Å². The lowest BCUT2D eigenvalue weighted by Crippen LogP contribution is -2.61. The lowest BCUT2D eigenvalue weighted by molar-refractivity contribution is -0.0745. The maximum Gasteiger partial charge on any atom is 0.329 e. The molecule has 3 amide bonds. The lowest BCUT2D eigenvalue weighted by Gasteiger charge is -2.46. The van der Waals surface area contributed by atoms with Gasteiger partial charge in [-0.3, -0.25) is 9.52 Å². The summed E-state index contributed by atoms with van der Waals surface area (Å²) >= 11 is 6.47. The normalized spacial score (nSPS) is 28.4. The summed E-state index contributed by atoms with van der Waals surface area (Å²) in [7, 11) is -0.0786. The summed E-state index contributed by atoms with van der Waals surface area (Å²) in [5, 5.41) is 0.717. The number of urea groups is 1. The van der Waals surface area contributed by atoms with E-state index < -0.39 is 27.5 Å². The van der Waals surface area contributed by atoms with E-state index in [2.05, 4.69) is 38.3 Å². The van der Waals surface area contributed by atoms with Gasteiger partial charge in [0.15, 0.2) is 0 Å². The number of benzene rings is 2. The number of fused-ring (bicyclic) bond motifs is 3. The molecule has 0 radical (unpaired) electrons. The molecule has 10 nitrogen and oxygen atoms in total. The number of ether oxygens (including phenoxy) is 3. The molecule has 1 unspecified atom stereocenters. The van der Waals surface area contributed by atoms with Crippen LogP contribution in [0.2, 0.25) is 5.02 Å². The SMILES string of the molecule is CO[C@H]1/C=C/C[C@H](C)CS(=O)(NC(=O)N2CC(C(C)(C)OC)C2)=NC(=O)c2ccc3c(c2)N(Cc2ccc(Cl)cc2CCCCO3)C[C@@H]2CC[C@H]21. The summed E-state index contributed by atoms with van der Waals surface area (Å²) < 4.78 is 39.6. The minimum Gasteiger partial charge on any atom is -0.491 e. The van der Waals surface area contributed by atoms with Crippen molar-refractivity contribution < 1.29 is 28.0 Å². The van der Waals surface area contributed by atoms with E-state index in [9.17, 15) is 13.8 Å². The summed E-state index contributed by atoms with van der Waals surface area (Å²) in [5.41, 5.74) is 3.09. The van der Waals surface area contributed by atoms with Crippen LogP contribution >= 0.6 is 11.6 Å². The molecule has 12 heteroatoms. The Balaban J connectivity index is 1.39. The Kier molecular flexibility index (Phi) is 11.7. The Morgan fingerprint density at radius 3 is 2.61 bits per heavy atom. The van der Waals surface area contributed by atoms with Gasteiger partial charge < -0.3 is 24.0 Å². The number of hydrogen-bond acceptors (Lipinski definition) is 7. The predicted octanol–water partition coefficient (Wildman–Crippen LogP) is 7.29. The van der Waals surface area contributed by atoms with Gasteiger partial charge in [-0.2, -0.15) is 0 Å². The molecule has 51 heavy (non-hydrogen) atoms. The third-order valence-corrected chi connectivity index (χ3v) is 13.5. The third kappa shape index (κ3) is 8.75. The Morgan fingerprint density at radius 2 is 1.88 bits per heavy atom. The zero-order chi connectivity index (χ0) is 36.3.